The van der Waals surface area contributed by atoms with E-state index in [9.17, 15) is 0 Å². The second-order valence-corrected chi connectivity index (χ2v) is 4.05. The highest BCUT2D eigenvalue weighted by Crippen LogP contribution is 2.20. The lowest BCUT2D eigenvalue weighted by Gasteiger charge is -2.10. The second-order valence-electron chi connectivity index (χ2n) is 4.05. The fourth-order valence-corrected chi connectivity index (χ4v) is 1.63. The van der Waals surface area contributed by atoms with Crippen molar-refractivity contribution < 1.29 is 0 Å². The summed E-state index contributed by atoms with van der Waals surface area (Å²) >= 11 is 0. The van der Waals surface area contributed by atoms with Crippen LogP contribution in [0.5, 0.6) is 0 Å². The smallest absolute Gasteiger partial charge is 0.0697 e. The summed E-state index contributed by atoms with van der Waals surface area (Å²) < 4.78 is 1.79. The monoisotopic (exact) mass is 201 g/mol. The first-order valence-electron chi connectivity index (χ1n) is 5.15. The molecule has 0 aliphatic carbocycles. The van der Waals surface area contributed by atoms with Crippen molar-refractivity contribution in [3.63, 3.8) is 0 Å². The molecule has 0 aliphatic rings. The van der Waals surface area contributed by atoms with Gasteiger partial charge in [-0.15, -0.1) is 5.10 Å². The Morgan fingerprint density at radius 2 is 2.07 bits per heavy atom. The Morgan fingerprint density at radius 1 is 1.27 bits per heavy atom. The molecule has 0 saturated carbocycles. The minimum atomic E-state index is 0.563. The zero-order valence-corrected chi connectivity index (χ0v) is 9.31. The van der Waals surface area contributed by atoms with E-state index < -0.39 is 0 Å². The number of nitrogens with zero attached hydrogens (tertiary/aromatic N) is 3. The Morgan fingerprint density at radius 3 is 2.60 bits per heavy atom. The molecule has 0 saturated heterocycles. The Bertz CT molecular complexity index is 444. The van der Waals surface area contributed by atoms with Gasteiger partial charge in [-0.2, -0.15) is 0 Å². The molecule has 0 radical (unpaired) electrons. The average molecular weight is 201 g/mol. The van der Waals surface area contributed by atoms with Crippen LogP contribution in [0, 0.1) is 6.92 Å². The van der Waals surface area contributed by atoms with Crippen molar-refractivity contribution in [2.24, 2.45) is 0 Å². The van der Waals surface area contributed by atoms with Crippen molar-refractivity contribution in [3.05, 3.63) is 41.7 Å². The molecule has 3 nitrogen and oxygen atoms in total. The largest absolute Gasteiger partial charge is 0.221 e. The van der Waals surface area contributed by atoms with E-state index in [2.05, 4.69) is 49.3 Å². The van der Waals surface area contributed by atoms with Crippen molar-refractivity contribution in [1.82, 2.24) is 15.0 Å². The molecule has 0 fully saturated rings. The first-order valence-corrected chi connectivity index (χ1v) is 5.15. The van der Waals surface area contributed by atoms with Gasteiger partial charge in [-0.25, -0.2) is 4.68 Å². The molecule has 1 heterocycles. The van der Waals surface area contributed by atoms with Crippen LogP contribution in [-0.2, 0) is 0 Å². The quantitative estimate of drug-likeness (QED) is 0.748. The minimum absolute atomic E-state index is 0.563. The molecule has 78 valence electrons. The van der Waals surface area contributed by atoms with Crippen molar-refractivity contribution in [1.29, 1.82) is 0 Å². The molecule has 0 bridgehead atoms. The molecule has 0 spiro atoms. The molecule has 0 atom stereocenters. The van der Waals surface area contributed by atoms with Crippen molar-refractivity contribution >= 4 is 0 Å². The van der Waals surface area contributed by atoms with E-state index >= 15 is 0 Å². The van der Waals surface area contributed by atoms with Crippen LogP contribution in [0.3, 0.4) is 0 Å². The van der Waals surface area contributed by atoms with E-state index in [4.69, 9.17) is 0 Å². The van der Waals surface area contributed by atoms with E-state index in [0.717, 1.165) is 5.69 Å². The zero-order valence-electron chi connectivity index (χ0n) is 9.31. The maximum Gasteiger partial charge on any atom is 0.0697 e. The molecule has 0 aliphatic heterocycles. The van der Waals surface area contributed by atoms with Crippen LogP contribution in [0.25, 0.3) is 5.69 Å². The van der Waals surface area contributed by atoms with Gasteiger partial charge in [0.15, 0.2) is 0 Å². The van der Waals surface area contributed by atoms with Crippen LogP contribution in [0.4, 0.5) is 0 Å². The number of hydrogen-bond donors (Lipinski definition) is 0. The van der Waals surface area contributed by atoms with Gasteiger partial charge in [0.2, 0.25) is 0 Å². The predicted octanol–water partition coefficient (Wildman–Crippen LogP) is 2.70. The maximum atomic E-state index is 3.99. The molecule has 1 aromatic heterocycles. The van der Waals surface area contributed by atoms with Crippen molar-refractivity contribution in [3.8, 4) is 5.69 Å². The molecule has 1 aromatic carbocycles. The number of aromatic nitrogens is 3. The van der Waals surface area contributed by atoms with Gasteiger partial charge in [-0.05, 0) is 30.0 Å². The predicted molar refractivity (Wildman–Crippen MR) is 60.2 cm³/mol. The fourth-order valence-electron chi connectivity index (χ4n) is 1.63. The summed E-state index contributed by atoms with van der Waals surface area (Å²) in [5.74, 6) is 0.563. The maximum absolute atomic E-state index is 3.99. The molecule has 0 amide bonds. The third-order valence-corrected chi connectivity index (χ3v) is 2.56. The normalized spacial score (nSPS) is 10.9. The van der Waals surface area contributed by atoms with Gasteiger partial charge in [-0.1, -0.05) is 31.2 Å². The van der Waals surface area contributed by atoms with Crippen molar-refractivity contribution in [2.45, 2.75) is 26.7 Å². The lowest BCUT2D eigenvalue weighted by atomic mass is 10.0. The summed E-state index contributed by atoms with van der Waals surface area (Å²) in [6.45, 7) is 6.50. The topological polar surface area (TPSA) is 30.7 Å². The molecule has 15 heavy (non-hydrogen) atoms. The van der Waals surface area contributed by atoms with E-state index in [-0.39, 0.29) is 0 Å². The fraction of sp³-hybridized carbons (Fsp3) is 0.333. The number of rotatable bonds is 2. The summed E-state index contributed by atoms with van der Waals surface area (Å²) in [4.78, 5) is 0. The Kier molecular flexibility index (Phi) is 2.54. The Balaban J connectivity index is 2.44. The molecule has 2 rings (SSSR count). The molecule has 2 aromatic rings. The van der Waals surface area contributed by atoms with Crippen LogP contribution in [0.15, 0.2) is 30.6 Å². The number of hydrogen-bond acceptors (Lipinski definition) is 2. The molecule has 3 heteroatoms. The van der Waals surface area contributed by atoms with E-state index in [1.807, 2.05) is 6.20 Å². The van der Waals surface area contributed by atoms with E-state index in [0.29, 0.717) is 5.92 Å². The lowest BCUT2D eigenvalue weighted by Crippen LogP contribution is -1.99. The highest BCUT2D eigenvalue weighted by Gasteiger charge is 2.04. The standard InChI is InChI=1S/C12H15N3/c1-9(2)11-4-5-12(10(3)8-11)15-7-6-13-14-15/h4-9H,1-3H3. The van der Waals surface area contributed by atoms with Crippen LogP contribution in [-0.4, -0.2) is 15.0 Å². The third kappa shape index (κ3) is 1.91. The van der Waals surface area contributed by atoms with E-state index in [1.54, 1.807) is 10.9 Å². The summed E-state index contributed by atoms with van der Waals surface area (Å²) in [5.41, 5.74) is 3.68. The zero-order chi connectivity index (χ0) is 10.8. The van der Waals surface area contributed by atoms with Crippen LogP contribution < -0.4 is 0 Å². The van der Waals surface area contributed by atoms with Gasteiger partial charge >= 0.3 is 0 Å². The third-order valence-electron chi connectivity index (χ3n) is 2.56. The first-order chi connectivity index (χ1) is 7.18. The van der Waals surface area contributed by atoms with Gasteiger partial charge in [0.05, 0.1) is 18.1 Å². The minimum Gasteiger partial charge on any atom is -0.221 e. The summed E-state index contributed by atoms with van der Waals surface area (Å²) in [6, 6.07) is 6.45. The number of aryl methyl sites for hydroxylation is 1. The van der Waals surface area contributed by atoms with E-state index in [1.165, 1.54) is 11.1 Å². The second kappa shape index (κ2) is 3.85. The first kappa shape index (κ1) is 9.90. The highest BCUT2D eigenvalue weighted by molar-refractivity contribution is 5.42. The van der Waals surface area contributed by atoms with Gasteiger partial charge in [-0.3, -0.25) is 0 Å². The highest BCUT2D eigenvalue weighted by atomic mass is 15.4. The molecule has 0 N–H and O–H groups in total. The van der Waals surface area contributed by atoms with Crippen LogP contribution in [0.2, 0.25) is 0 Å². The van der Waals surface area contributed by atoms with Gasteiger partial charge in [0.1, 0.15) is 0 Å². The SMILES string of the molecule is Cc1cc(C(C)C)ccc1-n1ccnn1. The molecule has 0 unspecified atom stereocenters. The number of benzene rings is 1. The molecular formula is C12H15N3. The van der Waals surface area contributed by atoms with Crippen molar-refractivity contribution in [2.75, 3.05) is 0 Å². The summed E-state index contributed by atoms with van der Waals surface area (Å²) in [7, 11) is 0. The van der Waals surface area contributed by atoms with Crippen LogP contribution in [0.1, 0.15) is 30.9 Å². The van der Waals surface area contributed by atoms with Crippen LogP contribution >= 0.6 is 0 Å². The Labute approximate surface area is 89.7 Å². The summed E-state index contributed by atoms with van der Waals surface area (Å²) in [5, 5.41) is 7.80. The molecular weight excluding hydrogens is 186 g/mol. The van der Waals surface area contributed by atoms with Gasteiger partial charge in [0.25, 0.3) is 0 Å². The average Bonchev–Trinajstić information content (AvgIpc) is 2.70. The van der Waals surface area contributed by atoms with Gasteiger partial charge in [0, 0.05) is 0 Å². The summed E-state index contributed by atoms with van der Waals surface area (Å²) in [6.07, 6.45) is 3.55. The van der Waals surface area contributed by atoms with Gasteiger partial charge < -0.3 is 0 Å². The Hall–Kier alpha value is -1.64. The lowest BCUT2D eigenvalue weighted by molar-refractivity contribution is 0.794.